The molecule has 5 nitrogen and oxygen atoms in total. The number of sulfone groups is 1. The van der Waals surface area contributed by atoms with Gasteiger partial charge in [-0.2, -0.15) is 0 Å². The highest BCUT2D eigenvalue weighted by molar-refractivity contribution is 7.91. The van der Waals surface area contributed by atoms with Gasteiger partial charge in [-0.15, -0.1) is 0 Å². The van der Waals surface area contributed by atoms with Gasteiger partial charge in [0.2, 0.25) is 16.2 Å². The molecular weight excluding hydrogens is 264 g/mol. The number of rotatable bonds is 4. The topological polar surface area (TPSA) is 89.3 Å². The molecule has 0 bridgehead atoms. The van der Waals surface area contributed by atoms with Crippen LogP contribution in [0.15, 0.2) is 58.3 Å². The van der Waals surface area contributed by atoms with E-state index in [4.69, 9.17) is 5.73 Å². The van der Waals surface area contributed by atoms with Crippen molar-refractivity contribution in [3.05, 3.63) is 48.5 Å². The summed E-state index contributed by atoms with van der Waals surface area (Å²) in [6.45, 7) is 0. The highest BCUT2D eigenvalue weighted by atomic mass is 32.2. The van der Waals surface area contributed by atoms with Gasteiger partial charge >= 0.3 is 0 Å². The molecule has 2 rings (SSSR count). The summed E-state index contributed by atoms with van der Waals surface area (Å²) in [5, 5.41) is 2.37. The van der Waals surface area contributed by atoms with E-state index in [2.05, 4.69) is 5.32 Å². The summed E-state index contributed by atoms with van der Waals surface area (Å²) in [6, 6.07) is 12.3. The first-order valence-electron chi connectivity index (χ1n) is 5.45. The van der Waals surface area contributed by atoms with Crippen LogP contribution in [0.25, 0.3) is 0 Å². The van der Waals surface area contributed by atoms with Crippen LogP contribution < -0.4 is 11.1 Å². The second-order valence-electron chi connectivity index (χ2n) is 3.83. The van der Waals surface area contributed by atoms with Crippen molar-refractivity contribution in [2.45, 2.75) is 9.79 Å². The number of nitrogens with two attached hydrogens (primary N) is 1. The maximum atomic E-state index is 12.3. The Kier molecular flexibility index (Phi) is 3.52. The van der Waals surface area contributed by atoms with E-state index < -0.39 is 9.84 Å². The number of nitrogens with one attached hydrogen (secondary N) is 1. The van der Waals surface area contributed by atoms with E-state index in [1.807, 2.05) is 0 Å². The second-order valence-corrected chi connectivity index (χ2v) is 5.78. The van der Waals surface area contributed by atoms with Crippen molar-refractivity contribution >= 4 is 27.6 Å². The molecule has 2 aromatic rings. The van der Waals surface area contributed by atoms with Crippen LogP contribution in [0.5, 0.6) is 0 Å². The van der Waals surface area contributed by atoms with Crippen molar-refractivity contribution in [2.75, 3.05) is 11.1 Å². The van der Waals surface area contributed by atoms with Crippen molar-refractivity contribution in [1.82, 2.24) is 0 Å². The molecule has 0 aromatic heterocycles. The molecule has 0 radical (unpaired) electrons. The van der Waals surface area contributed by atoms with Gasteiger partial charge in [-0.05, 0) is 30.3 Å². The SMILES string of the molecule is Nc1ccc(S(=O)(=O)c2ccccc2)cc1NC=O. The fourth-order valence-electron chi connectivity index (χ4n) is 1.63. The quantitative estimate of drug-likeness (QED) is 0.656. The minimum absolute atomic E-state index is 0.0808. The number of nitrogen functional groups attached to an aromatic ring is 1. The summed E-state index contributed by atoms with van der Waals surface area (Å²) in [5.74, 6) is 0. The van der Waals surface area contributed by atoms with Gasteiger partial charge in [-0.1, -0.05) is 18.2 Å². The molecular formula is C13H12N2O3S. The number of hydrogen-bond donors (Lipinski definition) is 2. The first-order valence-corrected chi connectivity index (χ1v) is 6.94. The fraction of sp³-hybridized carbons (Fsp3) is 0. The summed E-state index contributed by atoms with van der Waals surface area (Å²) < 4.78 is 24.7. The Morgan fingerprint density at radius 1 is 1.00 bits per heavy atom. The molecule has 0 aliphatic heterocycles. The van der Waals surface area contributed by atoms with E-state index in [-0.39, 0.29) is 15.5 Å². The molecule has 0 aliphatic rings. The molecule has 98 valence electrons. The maximum absolute atomic E-state index is 12.3. The van der Waals surface area contributed by atoms with Crippen LogP contribution in [0.3, 0.4) is 0 Å². The number of hydrogen-bond acceptors (Lipinski definition) is 4. The molecule has 0 heterocycles. The Hall–Kier alpha value is -2.34. The Labute approximate surface area is 111 Å². The predicted octanol–water partition coefficient (Wildman–Crippen LogP) is 1.67. The van der Waals surface area contributed by atoms with Crippen LogP contribution in [0.1, 0.15) is 0 Å². The van der Waals surface area contributed by atoms with Crippen molar-refractivity contribution in [3.8, 4) is 0 Å². The van der Waals surface area contributed by atoms with Crippen LogP contribution in [-0.2, 0) is 14.6 Å². The van der Waals surface area contributed by atoms with Crippen LogP contribution in [0.4, 0.5) is 11.4 Å². The highest BCUT2D eigenvalue weighted by Crippen LogP contribution is 2.26. The molecule has 0 spiro atoms. The van der Waals surface area contributed by atoms with Crippen LogP contribution in [0, 0.1) is 0 Å². The van der Waals surface area contributed by atoms with Gasteiger partial charge in [0, 0.05) is 0 Å². The van der Waals surface area contributed by atoms with Gasteiger partial charge in [0.15, 0.2) is 0 Å². The molecule has 0 saturated heterocycles. The van der Waals surface area contributed by atoms with Crippen LogP contribution in [-0.4, -0.2) is 14.8 Å². The summed E-state index contributed by atoms with van der Waals surface area (Å²) >= 11 is 0. The van der Waals surface area contributed by atoms with Gasteiger partial charge in [-0.25, -0.2) is 8.42 Å². The average Bonchev–Trinajstić information content (AvgIpc) is 2.42. The molecule has 2 aromatic carbocycles. The number of benzene rings is 2. The molecule has 1 amide bonds. The monoisotopic (exact) mass is 276 g/mol. The summed E-state index contributed by atoms with van der Waals surface area (Å²) in [4.78, 5) is 10.7. The molecule has 6 heteroatoms. The van der Waals surface area contributed by atoms with Crippen LogP contribution in [0.2, 0.25) is 0 Å². The van der Waals surface area contributed by atoms with Gasteiger partial charge < -0.3 is 11.1 Å². The lowest BCUT2D eigenvalue weighted by Crippen LogP contribution is -2.05. The Morgan fingerprint density at radius 2 is 1.68 bits per heavy atom. The number of amides is 1. The van der Waals surface area contributed by atoms with Gasteiger partial charge in [0.1, 0.15) is 0 Å². The predicted molar refractivity (Wildman–Crippen MR) is 72.4 cm³/mol. The minimum Gasteiger partial charge on any atom is -0.397 e. The minimum atomic E-state index is -3.61. The Morgan fingerprint density at radius 3 is 2.32 bits per heavy atom. The molecule has 0 aliphatic carbocycles. The standard InChI is InChI=1S/C13H12N2O3S/c14-12-7-6-11(8-13(12)15-9-16)19(17,18)10-4-2-1-3-5-10/h1-9H,14H2,(H,15,16). The van der Waals surface area contributed by atoms with E-state index in [1.54, 1.807) is 18.2 Å². The van der Waals surface area contributed by atoms with Gasteiger partial charge in [0.25, 0.3) is 0 Å². The molecule has 19 heavy (non-hydrogen) atoms. The van der Waals surface area contributed by atoms with Crippen LogP contribution >= 0.6 is 0 Å². The fourth-order valence-corrected chi connectivity index (χ4v) is 2.93. The van der Waals surface area contributed by atoms with E-state index in [9.17, 15) is 13.2 Å². The first-order chi connectivity index (χ1) is 9.05. The van der Waals surface area contributed by atoms with E-state index in [0.717, 1.165) is 0 Å². The second kappa shape index (κ2) is 5.11. The summed E-state index contributed by atoms with van der Waals surface area (Å²) in [6.07, 6.45) is 0.449. The zero-order chi connectivity index (χ0) is 13.9. The Bertz CT molecular complexity index is 697. The summed E-state index contributed by atoms with van der Waals surface area (Å²) in [5.41, 5.74) is 6.22. The third kappa shape index (κ3) is 2.58. The zero-order valence-electron chi connectivity index (χ0n) is 9.91. The van der Waals surface area contributed by atoms with E-state index in [1.165, 1.54) is 30.3 Å². The third-order valence-corrected chi connectivity index (χ3v) is 4.37. The van der Waals surface area contributed by atoms with Crippen molar-refractivity contribution in [3.63, 3.8) is 0 Å². The normalized spacial score (nSPS) is 10.9. The molecule has 0 unspecified atom stereocenters. The highest BCUT2D eigenvalue weighted by Gasteiger charge is 2.18. The van der Waals surface area contributed by atoms with E-state index in [0.29, 0.717) is 12.1 Å². The average molecular weight is 276 g/mol. The smallest absolute Gasteiger partial charge is 0.211 e. The number of anilines is 2. The zero-order valence-corrected chi connectivity index (χ0v) is 10.7. The summed E-state index contributed by atoms with van der Waals surface area (Å²) in [7, 11) is -3.61. The third-order valence-electron chi connectivity index (χ3n) is 2.60. The molecule has 0 fully saturated rings. The van der Waals surface area contributed by atoms with Crippen molar-refractivity contribution < 1.29 is 13.2 Å². The Balaban J connectivity index is 2.53. The lowest BCUT2D eigenvalue weighted by molar-refractivity contribution is -0.105. The number of carbonyl (C=O) groups excluding carboxylic acids is 1. The number of carbonyl (C=O) groups is 1. The van der Waals surface area contributed by atoms with Gasteiger partial charge in [-0.3, -0.25) is 4.79 Å². The van der Waals surface area contributed by atoms with Crippen molar-refractivity contribution in [2.24, 2.45) is 0 Å². The maximum Gasteiger partial charge on any atom is 0.211 e. The molecule has 3 N–H and O–H groups in total. The molecule has 0 atom stereocenters. The largest absolute Gasteiger partial charge is 0.397 e. The van der Waals surface area contributed by atoms with E-state index >= 15 is 0 Å². The lowest BCUT2D eigenvalue weighted by atomic mass is 10.3. The lowest BCUT2D eigenvalue weighted by Gasteiger charge is -2.08. The first kappa shape index (κ1) is 13.1. The van der Waals surface area contributed by atoms with Crippen molar-refractivity contribution in [1.29, 1.82) is 0 Å². The molecule has 0 saturated carbocycles. The van der Waals surface area contributed by atoms with Gasteiger partial charge in [0.05, 0.1) is 21.2 Å².